The summed E-state index contributed by atoms with van der Waals surface area (Å²) in [7, 11) is 2.14. The number of fused-ring (bicyclic) bond motifs is 1. The van der Waals surface area contributed by atoms with Crippen LogP contribution in [-0.4, -0.2) is 66.8 Å². The lowest BCUT2D eigenvalue weighted by Gasteiger charge is -2.32. The van der Waals surface area contributed by atoms with Gasteiger partial charge in [-0.05, 0) is 55.8 Å². The third-order valence-electron chi connectivity index (χ3n) is 5.79. The molecule has 0 spiro atoms. The second-order valence-electron chi connectivity index (χ2n) is 8.39. The summed E-state index contributed by atoms with van der Waals surface area (Å²) in [6, 6.07) is 13.1. The monoisotopic (exact) mass is 438 g/mol. The molecule has 0 radical (unpaired) electrons. The van der Waals surface area contributed by atoms with Crippen LogP contribution in [0.1, 0.15) is 17.5 Å². The molecule has 8 nitrogen and oxygen atoms in total. The maximum atomic E-state index is 12.3. The van der Waals surface area contributed by atoms with Crippen molar-refractivity contribution in [2.45, 2.75) is 19.9 Å². The Bertz CT molecular complexity index is 1130. The highest BCUT2D eigenvalue weighted by molar-refractivity contribution is 5.84. The smallest absolute Gasteiger partial charge is 0.420 e. The maximum absolute atomic E-state index is 12.3. The van der Waals surface area contributed by atoms with Gasteiger partial charge in [0.25, 0.3) is 0 Å². The molecule has 170 valence electrons. The Kier molecular flexibility index (Phi) is 6.92. The number of amides is 1. The lowest BCUT2D eigenvalue weighted by molar-refractivity contribution is 0.130. The Morgan fingerprint density at radius 1 is 1.12 bits per heavy atom. The summed E-state index contributed by atoms with van der Waals surface area (Å²) >= 11 is 0. The molecule has 0 atom stereocenters. The molecule has 0 saturated carbocycles. The quantitative estimate of drug-likeness (QED) is 0.571. The highest BCUT2D eigenvalue weighted by Gasteiger charge is 2.14. The number of piperazine rings is 1. The number of likely N-dealkylation sites (N-methyl/N-ethyl adjacent to an activating group) is 1. The van der Waals surface area contributed by atoms with Crippen molar-refractivity contribution in [3.8, 4) is 0 Å². The summed E-state index contributed by atoms with van der Waals surface area (Å²) in [6.45, 7) is 7.91. The fourth-order valence-corrected chi connectivity index (χ4v) is 3.93. The first-order chi connectivity index (χ1) is 15.5. The fourth-order valence-electron chi connectivity index (χ4n) is 3.93. The van der Waals surface area contributed by atoms with Crippen molar-refractivity contribution in [3.63, 3.8) is 0 Å². The summed E-state index contributed by atoms with van der Waals surface area (Å²) < 4.78 is 12.3. The minimum atomic E-state index is -0.470. The molecule has 2 aromatic carbocycles. The highest BCUT2D eigenvalue weighted by Crippen LogP contribution is 2.18. The van der Waals surface area contributed by atoms with E-state index < -0.39 is 11.8 Å². The Morgan fingerprint density at radius 2 is 1.94 bits per heavy atom. The van der Waals surface area contributed by atoms with Gasteiger partial charge < -0.3 is 19.0 Å². The molecule has 0 aliphatic carbocycles. The number of aromatic nitrogens is 1. The highest BCUT2D eigenvalue weighted by atomic mass is 16.5. The first kappa shape index (κ1) is 22.1. The number of nitrogens with one attached hydrogen (secondary N) is 1. The molecule has 1 amide bonds. The predicted octanol–water partition coefficient (Wildman–Crippen LogP) is 3.14. The number of oxazole rings is 1. The van der Waals surface area contributed by atoms with Gasteiger partial charge in [-0.1, -0.05) is 18.2 Å². The van der Waals surface area contributed by atoms with E-state index in [2.05, 4.69) is 22.2 Å². The molecule has 2 heterocycles. The van der Waals surface area contributed by atoms with Crippen molar-refractivity contribution in [2.24, 2.45) is 0 Å². The molecule has 1 aromatic heterocycles. The van der Waals surface area contributed by atoms with Gasteiger partial charge in [-0.25, -0.2) is 9.59 Å². The first-order valence-electron chi connectivity index (χ1n) is 11.0. The normalized spacial score (nSPS) is 15.2. The standard InChI is InChI=1S/C24H30N4O4/c1-18-7-8-21-22(15-18)32-24(30)28(21)17-19-5-3-6-20(16-19)25-23(29)31-14-4-9-27-12-10-26(2)11-13-27/h3,5-8,15-16H,4,9-14,17H2,1-2H3,(H,25,29). The molecule has 1 aliphatic heterocycles. The van der Waals surface area contributed by atoms with E-state index in [0.29, 0.717) is 24.4 Å². The van der Waals surface area contributed by atoms with Crippen molar-refractivity contribution in [2.75, 3.05) is 51.7 Å². The maximum Gasteiger partial charge on any atom is 0.420 e. The van der Waals surface area contributed by atoms with Crippen LogP contribution in [0.2, 0.25) is 0 Å². The van der Waals surface area contributed by atoms with E-state index >= 15 is 0 Å². The zero-order chi connectivity index (χ0) is 22.5. The summed E-state index contributed by atoms with van der Waals surface area (Å²) in [5.41, 5.74) is 3.86. The van der Waals surface area contributed by atoms with E-state index in [1.165, 1.54) is 0 Å². The number of carbonyl (C=O) groups excluding carboxylic acids is 1. The van der Waals surface area contributed by atoms with Crippen LogP contribution in [-0.2, 0) is 11.3 Å². The van der Waals surface area contributed by atoms with E-state index in [-0.39, 0.29) is 0 Å². The molecular weight excluding hydrogens is 408 g/mol. The number of ether oxygens (including phenoxy) is 1. The van der Waals surface area contributed by atoms with Crippen molar-refractivity contribution < 1.29 is 13.9 Å². The number of anilines is 1. The number of nitrogens with zero attached hydrogens (tertiary/aromatic N) is 3. The van der Waals surface area contributed by atoms with Gasteiger partial charge >= 0.3 is 11.8 Å². The average molecular weight is 439 g/mol. The third-order valence-corrected chi connectivity index (χ3v) is 5.79. The van der Waals surface area contributed by atoms with Crippen molar-refractivity contribution >= 4 is 22.9 Å². The van der Waals surface area contributed by atoms with Crippen LogP contribution in [0.3, 0.4) is 0 Å². The van der Waals surface area contributed by atoms with Gasteiger partial charge in [-0.15, -0.1) is 0 Å². The molecule has 1 N–H and O–H groups in total. The zero-order valence-corrected chi connectivity index (χ0v) is 18.7. The number of aryl methyl sites for hydroxylation is 1. The van der Waals surface area contributed by atoms with E-state index in [1.807, 2.05) is 43.3 Å². The lowest BCUT2D eigenvalue weighted by Crippen LogP contribution is -2.44. The minimum Gasteiger partial charge on any atom is -0.449 e. The number of carbonyl (C=O) groups is 1. The van der Waals surface area contributed by atoms with E-state index in [1.54, 1.807) is 10.6 Å². The van der Waals surface area contributed by atoms with Crippen LogP contribution in [0.4, 0.5) is 10.5 Å². The van der Waals surface area contributed by atoms with Gasteiger partial charge in [0, 0.05) is 38.4 Å². The van der Waals surface area contributed by atoms with Gasteiger partial charge in [0.1, 0.15) is 0 Å². The zero-order valence-electron chi connectivity index (χ0n) is 18.7. The molecule has 32 heavy (non-hydrogen) atoms. The third kappa shape index (κ3) is 5.57. The number of hydrogen-bond donors (Lipinski definition) is 1. The molecular formula is C24H30N4O4. The minimum absolute atomic E-state index is 0.352. The van der Waals surface area contributed by atoms with Crippen LogP contribution < -0.4 is 11.1 Å². The van der Waals surface area contributed by atoms with E-state index in [0.717, 1.165) is 55.8 Å². The molecule has 0 bridgehead atoms. The number of benzene rings is 2. The van der Waals surface area contributed by atoms with E-state index in [4.69, 9.17) is 9.15 Å². The molecule has 8 heteroatoms. The van der Waals surface area contributed by atoms with Crippen molar-refractivity contribution in [1.29, 1.82) is 0 Å². The average Bonchev–Trinajstić information content (AvgIpc) is 3.07. The molecule has 1 saturated heterocycles. The fraction of sp³-hybridized carbons (Fsp3) is 0.417. The second-order valence-corrected chi connectivity index (χ2v) is 8.39. The van der Waals surface area contributed by atoms with Crippen molar-refractivity contribution in [3.05, 3.63) is 64.1 Å². The molecule has 1 fully saturated rings. The largest absolute Gasteiger partial charge is 0.449 e. The Labute approximate surface area is 187 Å². The summed E-state index contributed by atoms with van der Waals surface area (Å²) in [6.07, 6.45) is 0.342. The van der Waals surface area contributed by atoms with E-state index in [9.17, 15) is 9.59 Å². The first-order valence-corrected chi connectivity index (χ1v) is 11.0. The summed E-state index contributed by atoms with van der Waals surface area (Å²) in [5, 5.41) is 2.77. The van der Waals surface area contributed by atoms with Gasteiger partial charge in [0.05, 0.1) is 18.7 Å². The summed E-state index contributed by atoms with van der Waals surface area (Å²) in [4.78, 5) is 29.2. The number of rotatable bonds is 7. The van der Waals surface area contributed by atoms with Gasteiger partial charge in [0.15, 0.2) is 5.58 Å². The molecule has 4 rings (SSSR count). The Morgan fingerprint density at radius 3 is 2.75 bits per heavy atom. The van der Waals surface area contributed by atoms with Crippen LogP contribution in [0.15, 0.2) is 51.7 Å². The number of hydrogen-bond acceptors (Lipinski definition) is 6. The topological polar surface area (TPSA) is 80.0 Å². The van der Waals surface area contributed by atoms with Crippen molar-refractivity contribution in [1.82, 2.24) is 14.4 Å². The molecule has 3 aromatic rings. The Balaban J connectivity index is 1.29. The molecule has 1 aliphatic rings. The second kappa shape index (κ2) is 10.0. The Hall–Kier alpha value is -3.10. The van der Waals surface area contributed by atoms with Crippen LogP contribution >= 0.6 is 0 Å². The van der Waals surface area contributed by atoms with Gasteiger partial charge in [0.2, 0.25) is 0 Å². The lowest BCUT2D eigenvalue weighted by atomic mass is 10.2. The van der Waals surface area contributed by atoms with Crippen LogP contribution in [0.25, 0.3) is 11.1 Å². The van der Waals surface area contributed by atoms with Crippen LogP contribution in [0, 0.1) is 6.92 Å². The summed E-state index contributed by atoms with van der Waals surface area (Å²) in [5.74, 6) is -0.399. The van der Waals surface area contributed by atoms with Gasteiger partial charge in [-0.3, -0.25) is 9.88 Å². The molecule has 0 unspecified atom stereocenters. The van der Waals surface area contributed by atoms with Crippen LogP contribution in [0.5, 0.6) is 0 Å². The SMILES string of the molecule is Cc1ccc2c(c1)oc(=O)n2Cc1cccc(NC(=O)OCCCN2CCN(C)CC2)c1. The van der Waals surface area contributed by atoms with Gasteiger partial charge in [-0.2, -0.15) is 0 Å². The predicted molar refractivity (Wildman–Crippen MR) is 124 cm³/mol.